The third-order valence-corrected chi connectivity index (χ3v) is 4.32. The van der Waals surface area contributed by atoms with E-state index in [0.29, 0.717) is 5.92 Å². The molecule has 0 bridgehead atoms. The van der Waals surface area contributed by atoms with E-state index in [1.54, 1.807) is 6.07 Å². The van der Waals surface area contributed by atoms with Crippen LogP contribution in [0.4, 0.5) is 4.39 Å². The van der Waals surface area contributed by atoms with E-state index in [2.05, 4.69) is 6.92 Å². The van der Waals surface area contributed by atoms with E-state index in [1.165, 1.54) is 18.9 Å². The van der Waals surface area contributed by atoms with E-state index < -0.39 is 0 Å². The third kappa shape index (κ3) is 2.23. The van der Waals surface area contributed by atoms with Gasteiger partial charge in [0, 0.05) is 5.54 Å². The van der Waals surface area contributed by atoms with Gasteiger partial charge in [-0.05, 0) is 48.9 Å². The van der Waals surface area contributed by atoms with E-state index in [-0.39, 0.29) is 11.4 Å². The van der Waals surface area contributed by atoms with Crippen molar-refractivity contribution in [2.45, 2.75) is 51.5 Å². The summed E-state index contributed by atoms with van der Waals surface area (Å²) in [7, 11) is 0. The average Bonchev–Trinajstić information content (AvgIpc) is 2.33. The van der Waals surface area contributed by atoms with Gasteiger partial charge in [0.05, 0.1) is 0 Å². The molecule has 0 aliphatic heterocycles. The fourth-order valence-electron chi connectivity index (χ4n) is 3.29. The second kappa shape index (κ2) is 4.77. The van der Waals surface area contributed by atoms with Crippen LogP contribution < -0.4 is 5.73 Å². The molecule has 0 aromatic heterocycles. The van der Waals surface area contributed by atoms with Gasteiger partial charge in [0.2, 0.25) is 0 Å². The fourth-order valence-corrected chi connectivity index (χ4v) is 3.29. The van der Waals surface area contributed by atoms with Gasteiger partial charge >= 0.3 is 0 Å². The summed E-state index contributed by atoms with van der Waals surface area (Å²) in [4.78, 5) is 0. The summed E-state index contributed by atoms with van der Waals surface area (Å²) in [5.41, 5.74) is 8.46. The van der Waals surface area contributed by atoms with Crippen molar-refractivity contribution in [3.05, 3.63) is 35.1 Å². The number of hydrogen-bond acceptors (Lipinski definition) is 1. The molecule has 1 aromatic carbocycles. The van der Waals surface area contributed by atoms with Crippen LogP contribution in [-0.4, -0.2) is 0 Å². The Bertz CT molecular complexity index is 402. The molecule has 0 spiro atoms. The SMILES string of the molecule is CCC1CCCCC1(N)c1cc(F)ccc1C. The number of aryl methyl sites for hydroxylation is 1. The number of halogens is 1. The van der Waals surface area contributed by atoms with Crippen molar-refractivity contribution in [3.63, 3.8) is 0 Å². The molecule has 17 heavy (non-hydrogen) atoms. The van der Waals surface area contributed by atoms with Crippen molar-refractivity contribution in [3.8, 4) is 0 Å². The number of rotatable bonds is 2. The Balaban J connectivity index is 2.44. The molecule has 2 heteroatoms. The molecule has 2 N–H and O–H groups in total. The van der Waals surface area contributed by atoms with Gasteiger partial charge in [-0.15, -0.1) is 0 Å². The van der Waals surface area contributed by atoms with Gasteiger partial charge in [0.25, 0.3) is 0 Å². The first kappa shape index (κ1) is 12.6. The van der Waals surface area contributed by atoms with E-state index in [1.807, 2.05) is 13.0 Å². The molecule has 1 aliphatic carbocycles. The maximum Gasteiger partial charge on any atom is 0.123 e. The molecule has 1 aliphatic rings. The molecule has 0 radical (unpaired) electrons. The lowest BCUT2D eigenvalue weighted by molar-refractivity contribution is 0.183. The number of nitrogens with two attached hydrogens (primary N) is 1. The van der Waals surface area contributed by atoms with Crippen LogP contribution in [-0.2, 0) is 5.54 Å². The van der Waals surface area contributed by atoms with Crippen LogP contribution >= 0.6 is 0 Å². The summed E-state index contributed by atoms with van der Waals surface area (Å²) in [5.74, 6) is 0.313. The molecule has 1 saturated carbocycles. The Labute approximate surface area is 103 Å². The first-order chi connectivity index (χ1) is 8.08. The predicted octanol–water partition coefficient (Wildman–Crippen LogP) is 3.89. The van der Waals surface area contributed by atoms with Crippen LogP contribution in [0.15, 0.2) is 18.2 Å². The molecule has 1 aromatic rings. The maximum absolute atomic E-state index is 13.4. The predicted molar refractivity (Wildman–Crippen MR) is 69.3 cm³/mol. The fraction of sp³-hybridized carbons (Fsp3) is 0.600. The van der Waals surface area contributed by atoms with Crippen molar-refractivity contribution >= 4 is 0 Å². The smallest absolute Gasteiger partial charge is 0.123 e. The molecule has 1 fully saturated rings. The highest BCUT2D eigenvalue weighted by atomic mass is 19.1. The lowest BCUT2D eigenvalue weighted by atomic mass is 9.67. The minimum absolute atomic E-state index is 0.171. The Morgan fingerprint density at radius 3 is 2.88 bits per heavy atom. The van der Waals surface area contributed by atoms with Gasteiger partial charge in [-0.25, -0.2) is 4.39 Å². The lowest BCUT2D eigenvalue weighted by Crippen LogP contribution is -2.46. The summed E-state index contributed by atoms with van der Waals surface area (Å²) in [5, 5.41) is 0. The van der Waals surface area contributed by atoms with Gasteiger partial charge in [0.1, 0.15) is 5.82 Å². The van der Waals surface area contributed by atoms with Gasteiger partial charge in [-0.3, -0.25) is 0 Å². The van der Waals surface area contributed by atoms with Gasteiger partial charge in [0.15, 0.2) is 0 Å². The molecular weight excluding hydrogens is 213 g/mol. The largest absolute Gasteiger partial charge is 0.321 e. The molecule has 2 unspecified atom stereocenters. The first-order valence-electron chi connectivity index (χ1n) is 6.63. The Morgan fingerprint density at radius 1 is 1.41 bits per heavy atom. The van der Waals surface area contributed by atoms with E-state index >= 15 is 0 Å². The van der Waals surface area contributed by atoms with Crippen LogP contribution in [0, 0.1) is 18.7 Å². The van der Waals surface area contributed by atoms with Crippen LogP contribution in [0.5, 0.6) is 0 Å². The summed E-state index contributed by atoms with van der Waals surface area (Å²) in [6, 6.07) is 5.01. The standard InChI is InChI=1S/C15H22FN/c1-3-12-6-4-5-9-15(12,17)14-10-13(16)8-7-11(14)2/h7-8,10,12H,3-6,9,17H2,1-2H3. The third-order valence-electron chi connectivity index (χ3n) is 4.32. The van der Waals surface area contributed by atoms with Crippen molar-refractivity contribution in [1.82, 2.24) is 0 Å². The van der Waals surface area contributed by atoms with Crippen molar-refractivity contribution < 1.29 is 4.39 Å². The van der Waals surface area contributed by atoms with Crippen molar-refractivity contribution in [1.29, 1.82) is 0 Å². The minimum Gasteiger partial charge on any atom is -0.321 e. The minimum atomic E-state index is -0.320. The molecule has 0 heterocycles. The molecule has 0 saturated heterocycles. The lowest BCUT2D eigenvalue weighted by Gasteiger charge is -2.42. The van der Waals surface area contributed by atoms with Crippen LogP contribution in [0.3, 0.4) is 0 Å². The van der Waals surface area contributed by atoms with Crippen LogP contribution in [0.25, 0.3) is 0 Å². The van der Waals surface area contributed by atoms with Gasteiger partial charge < -0.3 is 5.73 Å². The second-order valence-corrected chi connectivity index (χ2v) is 5.35. The molecular formula is C15H22FN. The highest BCUT2D eigenvalue weighted by Gasteiger charge is 2.38. The maximum atomic E-state index is 13.4. The Kier molecular flexibility index (Phi) is 3.53. The van der Waals surface area contributed by atoms with Gasteiger partial charge in [-0.2, -0.15) is 0 Å². The molecule has 94 valence electrons. The summed E-state index contributed by atoms with van der Waals surface area (Å²) < 4.78 is 13.4. The Hall–Kier alpha value is -0.890. The van der Waals surface area contributed by atoms with Crippen molar-refractivity contribution in [2.24, 2.45) is 11.7 Å². The molecule has 0 amide bonds. The summed E-state index contributed by atoms with van der Waals surface area (Å²) in [6.45, 7) is 4.22. The molecule has 1 nitrogen and oxygen atoms in total. The summed E-state index contributed by atoms with van der Waals surface area (Å²) in [6.07, 6.45) is 5.64. The monoisotopic (exact) mass is 235 g/mol. The molecule has 2 rings (SSSR count). The topological polar surface area (TPSA) is 26.0 Å². The van der Waals surface area contributed by atoms with E-state index in [4.69, 9.17) is 5.73 Å². The van der Waals surface area contributed by atoms with Crippen molar-refractivity contribution in [2.75, 3.05) is 0 Å². The zero-order chi connectivity index (χ0) is 12.5. The highest BCUT2D eigenvalue weighted by Crippen LogP contribution is 2.42. The van der Waals surface area contributed by atoms with E-state index in [0.717, 1.165) is 30.4 Å². The molecule has 2 atom stereocenters. The van der Waals surface area contributed by atoms with E-state index in [9.17, 15) is 4.39 Å². The average molecular weight is 235 g/mol. The summed E-state index contributed by atoms with van der Waals surface area (Å²) >= 11 is 0. The zero-order valence-electron chi connectivity index (χ0n) is 10.8. The van der Waals surface area contributed by atoms with Crippen LogP contribution in [0.2, 0.25) is 0 Å². The quantitative estimate of drug-likeness (QED) is 0.827. The van der Waals surface area contributed by atoms with Crippen LogP contribution in [0.1, 0.15) is 50.2 Å². The van der Waals surface area contributed by atoms with Gasteiger partial charge in [-0.1, -0.05) is 32.3 Å². The second-order valence-electron chi connectivity index (χ2n) is 5.35. The Morgan fingerprint density at radius 2 is 2.18 bits per heavy atom. The number of hydrogen-bond donors (Lipinski definition) is 1. The zero-order valence-corrected chi connectivity index (χ0v) is 10.8. The normalized spacial score (nSPS) is 29.3. The highest BCUT2D eigenvalue weighted by molar-refractivity contribution is 5.34. The first-order valence-corrected chi connectivity index (χ1v) is 6.63. The number of benzene rings is 1.